The number of nitrogens with zero attached hydrogens (tertiary/aromatic N) is 1. The van der Waals surface area contributed by atoms with Gasteiger partial charge in [0.1, 0.15) is 11.2 Å². The van der Waals surface area contributed by atoms with E-state index in [2.05, 4.69) is 207 Å². The minimum atomic E-state index is -0.0980. The highest BCUT2D eigenvalue weighted by Gasteiger charge is 2.37. The van der Waals surface area contributed by atoms with E-state index in [4.69, 9.17) is 4.42 Å². The summed E-state index contributed by atoms with van der Waals surface area (Å²) in [5, 5.41) is 6.98. The first-order chi connectivity index (χ1) is 27.0. The molecule has 0 radical (unpaired) electrons. The summed E-state index contributed by atoms with van der Waals surface area (Å²) in [6, 6.07) is 68.4. The largest absolute Gasteiger partial charge is 0.455 e. The number of rotatable bonds is 5. The minimum Gasteiger partial charge on any atom is -0.455 e. The second-order valence-corrected chi connectivity index (χ2v) is 15.3. The molecule has 11 rings (SSSR count). The van der Waals surface area contributed by atoms with Crippen LogP contribution < -0.4 is 4.90 Å². The summed E-state index contributed by atoms with van der Waals surface area (Å²) < 4.78 is 6.75. The Bertz CT molecular complexity index is 3130. The van der Waals surface area contributed by atoms with Gasteiger partial charge in [0.2, 0.25) is 0 Å². The van der Waals surface area contributed by atoms with Gasteiger partial charge in [-0.15, -0.1) is 0 Å². The fourth-order valence-electron chi connectivity index (χ4n) is 9.18. The maximum absolute atomic E-state index is 6.75. The molecule has 1 aliphatic carbocycles. The number of para-hydroxylation sites is 1. The molecular formula is C53H37NO. The topological polar surface area (TPSA) is 16.4 Å². The average Bonchev–Trinajstić information content (AvgIpc) is 3.74. The number of hydrogen-bond acceptors (Lipinski definition) is 2. The zero-order valence-corrected chi connectivity index (χ0v) is 30.8. The zero-order valence-electron chi connectivity index (χ0n) is 30.8. The highest BCUT2D eigenvalue weighted by molar-refractivity contribution is 6.20. The molecule has 9 aromatic carbocycles. The number of fused-ring (bicyclic) bond motifs is 9. The second kappa shape index (κ2) is 12.1. The van der Waals surface area contributed by atoms with Crippen LogP contribution in [0.2, 0.25) is 0 Å². The van der Waals surface area contributed by atoms with Crippen LogP contribution in [-0.4, -0.2) is 0 Å². The predicted octanol–water partition coefficient (Wildman–Crippen LogP) is 15.0. The molecule has 55 heavy (non-hydrogen) atoms. The van der Waals surface area contributed by atoms with Crippen LogP contribution in [-0.2, 0) is 5.41 Å². The quantitative estimate of drug-likeness (QED) is 0.177. The number of anilines is 3. The first-order valence-electron chi connectivity index (χ1n) is 19.1. The van der Waals surface area contributed by atoms with E-state index in [0.29, 0.717) is 0 Å². The third-order valence-electron chi connectivity index (χ3n) is 11.9. The van der Waals surface area contributed by atoms with Crippen molar-refractivity contribution in [3.8, 4) is 33.4 Å². The molecule has 0 unspecified atom stereocenters. The van der Waals surface area contributed by atoms with Crippen molar-refractivity contribution in [3.05, 3.63) is 199 Å². The van der Waals surface area contributed by atoms with E-state index in [1.807, 2.05) is 0 Å². The van der Waals surface area contributed by atoms with Crippen LogP contribution in [0.1, 0.15) is 25.0 Å². The third-order valence-corrected chi connectivity index (χ3v) is 11.9. The highest BCUT2D eigenvalue weighted by Crippen LogP contribution is 2.54. The molecule has 1 aromatic heterocycles. The summed E-state index contributed by atoms with van der Waals surface area (Å²) in [6.07, 6.45) is 0. The van der Waals surface area contributed by atoms with E-state index >= 15 is 0 Å². The lowest BCUT2D eigenvalue weighted by molar-refractivity contribution is 0.660. The molecule has 1 aliphatic rings. The summed E-state index contributed by atoms with van der Waals surface area (Å²) in [4.78, 5) is 2.44. The lowest BCUT2D eigenvalue weighted by atomic mass is 9.82. The summed E-state index contributed by atoms with van der Waals surface area (Å²) in [7, 11) is 0. The Morgan fingerprint density at radius 1 is 0.436 bits per heavy atom. The minimum absolute atomic E-state index is 0.0980. The zero-order chi connectivity index (χ0) is 36.7. The Morgan fingerprint density at radius 3 is 1.95 bits per heavy atom. The Labute approximate surface area is 320 Å². The van der Waals surface area contributed by atoms with E-state index in [9.17, 15) is 0 Å². The fraction of sp³-hybridized carbons (Fsp3) is 0.0566. The SMILES string of the molecule is CC1(C)c2ccccc2-c2c(-c3ccccc3N(c3ccc(-c4ccc5ccccc5c4)cc3)c3cccc4oc5c6ccccc6ccc5c34)cccc21. The van der Waals surface area contributed by atoms with Crippen molar-refractivity contribution >= 4 is 60.5 Å². The highest BCUT2D eigenvalue weighted by atomic mass is 16.3. The van der Waals surface area contributed by atoms with Crippen LogP contribution in [0.15, 0.2) is 192 Å². The summed E-state index contributed by atoms with van der Waals surface area (Å²) in [5.41, 5.74) is 15.1. The van der Waals surface area contributed by atoms with Gasteiger partial charge in [0, 0.05) is 27.4 Å². The van der Waals surface area contributed by atoms with Gasteiger partial charge in [-0.25, -0.2) is 0 Å². The predicted molar refractivity (Wildman–Crippen MR) is 232 cm³/mol. The smallest absolute Gasteiger partial charge is 0.143 e. The van der Waals surface area contributed by atoms with Crippen LogP contribution in [0.3, 0.4) is 0 Å². The first-order valence-corrected chi connectivity index (χ1v) is 19.1. The molecule has 1 heterocycles. The monoisotopic (exact) mass is 703 g/mol. The van der Waals surface area contributed by atoms with Crippen molar-refractivity contribution in [1.29, 1.82) is 0 Å². The molecule has 0 N–H and O–H groups in total. The standard InChI is InChI=1S/C53H37NO/c1-53(2)45-20-9-7-18-43(45)50-42(19-11-21-46(50)53)41-17-8-10-22-47(41)54(39-30-27-35(28-31-39)38-26-25-34-13-3-4-15-37(34)33-38)48-23-12-24-49-51(48)44-32-29-36-14-5-6-16-40(36)52(44)55-49/h3-33H,1-2H3. The Hall–Kier alpha value is -6.90. The lowest BCUT2D eigenvalue weighted by Gasteiger charge is -2.29. The second-order valence-electron chi connectivity index (χ2n) is 15.3. The Balaban J connectivity index is 1.16. The number of benzene rings is 9. The summed E-state index contributed by atoms with van der Waals surface area (Å²) in [5.74, 6) is 0. The van der Waals surface area contributed by atoms with Crippen molar-refractivity contribution in [2.24, 2.45) is 0 Å². The van der Waals surface area contributed by atoms with E-state index < -0.39 is 0 Å². The Kier molecular flexibility index (Phi) is 6.93. The molecule has 0 fully saturated rings. The lowest BCUT2D eigenvalue weighted by Crippen LogP contribution is -2.15. The molecule has 260 valence electrons. The van der Waals surface area contributed by atoms with E-state index in [1.54, 1.807) is 0 Å². The van der Waals surface area contributed by atoms with Gasteiger partial charge in [-0.3, -0.25) is 0 Å². The van der Waals surface area contributed by atoms with E-state index in [-0.39, 0.29) is 5.41 Å². The third kappa shape index (κ3) is 4.81. The van der Waals surface area contributed by atoms with Crippen LogP contribution >= 0.6 is 0 Å². The van der Waals surface area contributed by atoms with Crippen LogP contribution in [0.25, 0.3) is 76.9 Å². The molecule has 0 atom stereocenters. The van der Waals surface area contributed by atoms with Gasteiger partial charge in [0.15, 0.2) is 0 Å². The van der Waals surface area contributed by atoms with Gasteiger partial charge in [-0.05, 0) is 97.6 Å². The molecule has 0 saturated heterocycles. The van der Waals surface area contributed by atoms with Gasteiger partial charge in [-0.2, -0.15) is 0 Å². The van der Waals surface area contributed by atoms with Gasteiger partial charge in [0.05, 0.1) is 16.8 Å². The van der Waals surface area contributed by atoms with Crippen LogP contribution in [0, 0.1) is 0 Å². The van der Waals surface area contributed by atoms with Crippen molar-refractivity contribution in [1.82, 2.24) is 0 Å². The molecule has 0 aliphatic heterocycles. The molecule has 0 spiro atoms. The number of hydrogen-bond donors (Lipinski definition) is 0. The van der Waals surface area contributed by atoms with Crippen molar-refractivity contribution < 1.29 is 4.42 Å². The molecular weight excluding hydrogens is 667 g/mol. The molecule has 0 bridgehead atoms. The molecule has 2 heteroatoms. The van der Waals surface area contributed by atoms with Crippen molar-refractivity contribution in [2.75, 3.05) is 4.90 Å². The molecule has 0 amide bonds. The maximum atomic E-state index is 6.75. The molecule has 10 aromatic rings. The normalized spacial score (nSPS) is 13.1. The maximum Gasteiger partial charge on any atom is 0.143 e. The molecule has 2 nitrogen and oxygen atoms in total. The van der Waals surface area contributed by atoms with Gasteiger partial charge < -0.3 is 9.32 Å². The summed E-state index contributed by atoms with van der Waals surface area (Å²) in [6.45, 7) is 4.70. The van der Waals surface area contributed by atoms with Crippen LogP contribution in [0.5, 0.6) is 0 Å². The van der Waals surface area contributed by atoms with Gasteiger partial charge >= 0.3 is 0 Å². The average molecular weight is 704 g/mol. The number of furan rings is 1. The summed E-state index contributed by atoms with van der Waals surface area (Å²) >= 11 is 0. The van der Waals surface area contributed by atoms with E-state index in [1.165, 1.54) is 60.7 Å². The first kappa shape index (κ1) is 31.6. The Morgan fingerprint density at radius 2 is 1.07 bits per heavy atom. The molecule has 0 saturated carbocycles. The van der Waals surface area contributed by atoms with Crippen LogP contribution in [0.4, 0.5) is 17.1 Å². The van der Waals surface area contributed by atoms with Gasteiger partial charge in [0.25, 0.3) is 0 Å². The van der Waals surface area contributed by atoms with Gasteiger partial charge in [-0.1, -0.05) is 159 Å². The van der Waals surface area contributed by atoms with Crippen molar-refractivity contribution in [2.45, 2.75) is 19.3 Å². The van der Waals surface area contributed by atoms with Crippen molar-refractivity contribution in [3.63, 3.8) is 0 Å². The fourth-order valence-corrected chi connectivity index (χ4v) is 9.18. The van der Waals surface area contributed by atoms with E-state index in [0.717, 1.165) is 44.4 Å².